The third kappa shape index (κ3) is 3.98. The van der Waals surface area contributed by atoms with E-state index in [0.717, 1.165) is 0 Å². The first-order chi connectivity index (χ1) is 6.99. The summed E-state index contributed by atoms with van der Waals surface area (Å²) in [5, 5.41) is 0.344. The molecule has 0 bridgehead atoms. The molecule has 0 aromatic heterocycles. The van der Waals surface area contributed by atoms with E-state index in [0.29, 0.717) is 17.1 Å². The Morgan fingerprint density at radius 3 is 2.67 bits per heavy atom. The molecule has 4 heteroatoms. The molecule has 0 aliphatic heterocycles. The van der Waals surface area contributed by atoms with Crippen molar-refractivity contribution in [1.29, 1.82) is 0 Å². The SMILES string of the molecule is CN(C)CC(=O)Cc1ccc(Cl)cc1F. The molecule has 0 fully saturated rings. The number of rotatable bonds is 4. The highest BCUT2D eigenvalue weighted by Gasteiger charge is 2.09. The molecule has 82 valence electrons. The summed E-state index contributed by atoms with van der Waals surface area (Å²) in [6.45, 7) is 0.321. The Kier molecular flexibility index (Phi) is 4.24. The van der Waals surface area contributed by atoms with Crippen LogP contribution in [0.4, 0.5) is 4.39 Å². The number of Topliss-reactive ketones (excluding diaryl/α,β-unsaturated/α-hetero) is 1. The molecule has 0 heterocycles. The van der Waals surface area contributed by atoms with Crippen molar-refractivity contribution in [3.05, 3.63) is 34.6 Å². The van der Waals surface area contributed by atoms with Crippen molar-refractivity contribution in [1.82, 2.24) is 4.90 Å². The zero-order valence-corrected chi connectivity index (χ0v) is 9.51. The third-order valence-corrected chi connectivity index (χ3v) is 2.13. The Balaban J connectivity index is 2.68. The second kappa shape index (κ2) is 5.24. The molecule has 0 N–H and O–H groups in total. The van der Waals surface area contributed by atoms with Crippen LogP contribution < -0.4 is 0 Å². The lowest BCUT2D eigenvalue weighted by molar-refractivity contribution is -0.119. The Morgan fingerprint density at radius 2 is 2.13 bits per heavy atom. The molecule has 2 nitrogen and oxygen atoms in total. The molecule has 0 radical (unpaired) electrons. The molecule has 1 rings (SSSR count). The van der Waals surface area contributed by atoms with Gasteiger partial charge in [-0.25, -0.2) is 4.39 Å². The summed E-state index contributed by atoms with van der Waals surface area (Å²) < 4.78 is 13.3. The summed E-state index contributed by atoms with van der Waals surface area (Å²) >= 11 is 5.60. The van der Waals surface area contributed by atoms with Crippen LogP contribution in [-0.2, 0) is 11.2 Å². The van der Waals surface area contributed by atoms with Crippen LogP contribution in [0.3, 0.4) is 0 Å². The Labute approximate surface area is 93.6 Å². The first-order valence-corrected chi connectivity index (χ1v) is 4.97. The molecule has 0 saturated carbocycles. The van der Waals surface area contributed by atoms with Gasteiger partial charge in [-0.3, -0.25) is 4.79 Å². The van der Waals surface area contributed by atoms with E-state index in [1.54, 1.807) is 31.1 Å². The largest absolute Gasteiger partial charge is 0.302 e. The van der Waals surface area contributed by atoms with E-state index < -0.39 is 5.82 Å². The zero-order valence-electron chi connectivity index (χ0n) is 8.76. The van der Waals surface area contributed by atoms with Crippen LogP contribution in [0.15, 0.2) is 18.2 Å². The Hall–Kier alpha value is -0.930. The molecule has 15 heavy (non-hydrogen) atoms. The highest BCUT2D eigenvalue weighted by atomic mass is 35.5. The molecular weight excluding hydrogens is 217 g/mol. The number of hydrogen-bond donors (Lipinski definition) is 0. The minimum Gasteiger partial charge on any atom is -0.302 e. The van der Waals surface area contributed by atoms with Gasteiger partial charge in [0.15, 0.2) is 5.78 Å². The van der Waals surface area contributed by atoms with Crippen LogP contribution in [0.5, 0.6) is 0 Å². The van der Waals surface area contributed by atoms with E-state index in [4.69, 9.17) is 11.6 Å². The van der Waals surface area contributed by atoms with Gasteiger partial charge in [0, 0.05) is 11.4 Å². The number of nitrogens with zero attached hydrogens (tertiary/aromatic N) is 1. The van der Waals surface area contributed by atoms with Gasteiger partial charge in [-0.15, -0.1) is 0 Å². The number of ketones is 1. The average molecular weight is 230 g/mol. The number of benzene rings is 1. The fourth-order valence-electron chi connectivity index (χ4n) is 1.29. The van der Waals surface area contributed by atoms with E-state index in [1.807, 2.05) is 0 Å². The van der Waals surface area contributed by atoms with Gasteiger partial charge in [0.1, 0.15) is 5.82 Å². The number of likely N-dealkylation sites (N-methyl/N-ethyl adjacent to an activating group) is 1. The van der Waals surface area contributed by atoms with Crippen molar-refractivity contribution in [2.75, 3.05) is 20.6 Å². The summed E-state index contributed by atoms with van der Waals surface area (Å²) in [7, 11) is 3.60. The van der Waals surface area contributed by atoms with Crippen molar-refractivity contribution in [3.63, 3.8) is 0 Å². The van der Waals surface area contributed by atoms with Gasteiger partial charge >= 0.3 is 0 Å². The number of halogens is 2. The molecule has 1 aromatic rings. The van der Waals surface area contributed by atoms with E-state index in [2.05, 4.69) is 0 Å². The molecule has 0 spiro atoms. The first kappa shape index (κ1) is 12.1. The predicted octanol–water partition coefficient (Wildman–Crippen LogP) is 2.15. The van der Waals surface area contributed by atoms with Crippen molar-refractivity contribution in [2.24, 2.45) is 0 Å². The highest BCUT2D eigenvalue weighted by molar-refractivity contribution is 6.30. The fourth-order valence-corrected chi connectivity index (χ4v) is 1.44. The summed E-state index contributed by atoms with van der Waals surface area (Å²) in [5.41, 5.74) is 0.395. The lowest BCUT2D eigenvalue weighted by atomic mass is 10.1. The van der Waals surface area contributed by atoms with Crippen molar-refractivity contribution >= 4 is 17.4 Å². The predicted molar refractivity (Wildman–Crippen MR) is 58.7 cm³/mol. The molecule has 0 atom stereocenters. The van der Waals surface area contributed by atoms with Gasteiger partial charge < -0.3 is 4.90 Å². The second-order valence-electron chi connectivity index (χ2n) is 3.69. The lowest BCUT2D eigenvalue weighted by Gasteiger charge is -2.08. The monoisotopic (exact) mass is 229 g/mol. The summed E-state index contributed by atoms with van der Waals surface area (Å²) in [6, 6.07) is 4.36. The molecule has 0 aliphatic rings. The topological polar surface area (TPSA) is 20.3 Å². The third-order valence-electron chi connectivity index (χ3n) is 1.90. The van der Waals surface area contributed by atoms with Crippen LogP contribution in [0.1, 0.15) is 5.56 Å². The Morgan fingerprint density at radius 1 is 1.47 bits per heavy atom. The maximum absolute atomic E-state index is 13.3. The van der Waals surface area contributed by atoms with Gasteiger partial charge in [-0.05, 0) is 31.8 Å². The number of carbonyl (C=O) groups excluding carboxylic acids is 1. The Bertz CT molecular complexity index is 366. The standard InChI is InChI=1S/C11H13ClFNO/c1-14(2)7-10(15)5-8-3-4-9(12)6-11(8)13/h3-4,6H,5,7H2,1-2H3. The second-order valence-corrected chi connectivity index (χ2v) is 4.13. The van der Waals surface area contributed by atoms with Crippen molar-refractivity contribution < 1.29 is 9.18 Å². The molecule has 0 amide bonds. The van der Waals surface area contributed by atoms with Crippen LogP contribution in [0.25, 0.3) is 0 Å². The molecular formula is C11H13ClFNO. The average Bonchev–Trinajstić information content (AvgIpc) is 2.08. The number of hydrogen-bond acceptors (Lipinski definition) is 2. The molecule has 0 aliphatic carbocycles. The van der Waals surface area contributed by atoms with Crippen LogP contribution in [0.2, 0.25) is 5.02 Å². The van der Waals surface area contributed by atoms with E-state index in [9.17, 15) is 9.18 Å². The fraction of sp³-hybridized carbons (Fsp3) is 0.364. The van der Waals surface area contributed by atoms with Gasteiger partial charge in [0.05, 0.1) is 6.54 Å². The quantitative estimate of drug-likeness (QED) is 0.789. The highest BCUT2D eigenvalue weighted by Crippen LogP contribution is 2.15. The minimum atomic E-state index is -0.422. The van der Waals surface area contributed by atoms with Crippen molar-refractivity contribution in [3.8, 4) is 0 Å². The smallest absolute Gasteiger partial charge is 0.151 e. The summed E-state index contributed by atoms with van der Waals surface area (Å²) in [4.78, 5) is 13.2. The molecule has 0 unspecified atom stereocenters. The van der Waals surface area contributed by atoms with E-state index in [1.165, 1.54) is 6.07 Å². The maximum atomic E-state index is 13.3. The lowest BCUT2D eigenvalue weighted by Crippen LogP contribution is -2.23. The normalized spacial score (nSPS) is 10.7. The summed E-state index contributed by atoms with van der Waals surface area (Å²) in [6.07, 6.45) is 0.112. The molecule has 0 saturated heterocycles. The van der Waals surface area contributed by atoms with Crippen LogP contribution >= 0.6 is 11.6 Å². The summed E-state index contributed by atoms with van der Waals surface area (Å²) in [5.74, 6) is -0.434. The van der Waals surface area contributed by atoms with E-state index >= 15 is 0 Å². The van der Waals surface area contributed by atoms with Crippen molar-refractivity contribution in [2.45, 2.75) is 6.42 Å². The van der Waals surface area contributed by atoms with Crippen LogP contribution in [0, 0.1) is 5.82 Å². The molecule has 1 aromatic carbocycles. The maximum Gasteiger partial charge on any atom is 0.151 e. The minimum absolute atomic E-state index is 0.0128. The zero-order chi connectivity index (χ0) is 11.4. The van der Waals surface area contributed by atoms with Gasteiger partial charge in [-0.1, -0.05) is 17.7 Å². The van der Waals surface area contributed by atoms with Crippen LogP contribution in [-0.4, -0.2) is 31.3 Å². The number of carbonyl (C=O) groups is 1. The van der Waals surface area contributed by atoms with Gasteiger partial charge in [0.2, 0.25) is 0 Å². The first-order valence-electron chi connectivity index (χ1n) is 4.59. The van der Waals surface area contributed by atoms with E-state index in [-0.39, 0.29) is 12.2 Å². The van der Waals surface area contributed by atoms with Gasteiger partial charge in [0.25, 0.3) is 0 Å². The van der Waals surface area contributed by atoms with Gasteiger partial charge in [-0.2, -0.15) is 0 Å².